The van der Waals surface area contributed by atoms with Crippen LogP contribution in [-0.4, -0.2) is 10.7 Å². The van der Waals surface area contributed by atoms with Gasteiger partial charge in [-0.2, -0.15) is 0 Å². The van der Waals surface area contributed by atoms with Gasteiger partial charge >= 0.3 is 0 Å². The van der Waals surface area contributed by atoms with E-state index in [9.17, 15) is 5.11 Å². The number of hydrogen-bond donors (Lipinski definition) is 1. The normalized spacial score (nSPS) is 33.4. The van der Waals surface area contributed by atoms with Gasteiger partial charge in [-0.05, 0) is 62.5 Å². The highest BCUT2D eigenvalue weighted by molar-refractivity contribution is 5.32. The van der Waals surface area contributed by atoms with Crippen molar-refractivity contribution < 1.29 is 5.11 Å². The molecule has 0 bridgehead atoms. The Labute approximate surface area is 92.9 Å². The van der Waals surface area contributed by atoms with Crippen molar-refractivity contribution in [3.8, 4) is 0 Å². The molecule has 0 radical (unpaired) electrons. The molecule has 1 atom stereocenters. The summed E-state index contributed by atoms with van der Waals surface area (Å²) in [4.78, 5) is 0. The summed E-state index contributed by atoms with van der Waals surface area (Å²) in [6.45, 7) is 4.08. The molecule has 1 fully saturated rings. The molecule has 0 aliphatic heterocycles. The zero-order valence-electron chi connectivity index (χ0n) is 9.60. The lowest BCUT2D eigenvalue weighted by molar-refractivity contribution is 0.0847. The van der Waals surface area contributed by atoms with Gasteiger partial charge in [-0.1, -0.05) is 19.1 Å². The van der Waals surface area contributed by atoms with Crippen molar-refractivity contribution in [1.29, 1.82) is 0 Å². The third-order valence-corrected chi connectivity index (χ3v) is 3.92. The van der Waals surface area contributed by atoms with Gasteiger partial charge in [0, 0.05) is 0 Å². The fraction of sp³-hybridized carbons (Fsp3) is 0.714. The van der Waals surface area contributed by atoms with Gasteiger partial charge in [0.15, 0.2) is 0 Å². The van der Waals surface area contributed by atoms with Crippen molar-refractivity contribution in [2.24, 2.45) is 0 Å². The van der Waals surface area contributed by atoms with Gasteiger partial charge in [-0.25, -0.2) is 0 Å². The van der Waals surface area contributed by atoms with E-state index in [4.69, 9.17) is 0 Å². The standard InChI is InChI=1S/C14H22O/c1-12-8-6-7-11-14(12,15)13-9-4-2-3-5-10-13/h9,15H,1-8,10-11H2. The van der Waals surface area contributed by atoms with Gasteiger partial charge in [0.2, 0.25) is 0 Å². The maximum atomic E-state index is 10.7. The van der Waals surface area contributed by atoms with E-state index in [0.717, 1.165) is 37.7 Å². The molecule has 0 aromatic rings. The van der Waals surface area contributed by atoms with Crippen molar-refractivity contribution in [2.45, 2.75) is 63.4 Å². The van der Waals surface area contributed by atoms with E-state index in [1.165, 1.54) is 31.3 Å². The maximum Gasteiger partial charge on any atom is 0.106 e. The lowest BCUT2D eigenvalue weighted by Gasteiger charge is -2.36. The Morgan fingerprint density at radius 2 is 1.87 bits per heavy atom. The van der Waals surface area contributed by atoms with E-state index in [1.54, 1.807) is 0 Å². The summed E-state index contributed by atoms with van der Waals surface area (Å²) in [5.41, 5.74) is 1.69. The molecule has 1 saturated carbocycles. The van der Waals surface area contributed by atoms with Crippen LogP contribution in [0.1, 0.15) is 57.8 Å². The second-order valence-electron chi connectivity index (χ2n) is 5.00. The van der Waals surface area contributed by atoms with Crippen LogP contribution in [0.2, 0.25) is 0 Å². The van der Waals surface area contributed by atoms with E-state index in [0.29, 0.717) is 0 Å². The molecule has 2 aliphatic rings. The van der Waals surface area contributed by atoms with Crippen LogP contribution in [0, 0.1) is 0 Å². The zero-order valence-corrected chi connectivity index (χ0v) is 9.60. The molecule has 1 unspecified atom stereocenters. The number of hydrogen-bond acceptors (Lipinski definition) is 1. The quantitative estimate of drug-likeness (QED) is 0.648. The first-order valence-electron chi connectivity index (χ1n) is 6.33. The number of allylic oxidation sites excluding steroid dienone is 1. The molecule has 0 saturated heterocycles. The monoisotopic (exact) mass is 206 g/mol. The lowest BCUT2D eigenvalue weighted by atomic mass is 9.74. The van der Waals surface area contributed by atoms with Crippen LogP contribution < -0.4 is 0 Å². The van der Waals surface area contributed by atoms with Gasteiger partial charge in [-0.3, -0.25) is 0 Å². The first-order chi connectivity index (χ1) is 7.23. The molecule has 2 aliphatic carbocycles. The van der Waals surface area contributed by atoms with Crippen molar-refractivity contribution in [2.75, 3.05) is 0 Å². The number of aliphatic hydroxyl groups is 1. The van der Waals surface area contributed by atoms with Gasteiger partial charge in [0.1, 0.15) is 5.60 Å². The number of rotatable bonds is 1. The van der Waals surface area contributed by atoms with E-state index < -0.39 is 5.60 Å². The van der Waals surface area contributed by atoms with Gasteiger partial charge in [-0.15, -0.1) is 0 Å². The van der Waals surface area contributed by atoms with E-state index >= 15 is 0 Å². The predicted molar refractivity (Wildman–Crippen MR) is 63.7 cm³/mol. The van der Waals surface area contributed by atoms with Crippen molar-refractivity contribution in [3.05, 3.63) is 23.8 Å². The Bertz CT molecular complexity index is 277. The van der Waals surface area contributed by atoms with Crippen LogP contribution in [-0.2, 0) is 0 Å². The molecule has 0 amide bonds. The van der Waals surface area contributed by atoms with Gasteiger partial charge < -0.3 is 5.11 Å². The minimum Gasteiger partial charge on any atom is -0.381 e. The Morgan fingerprint density at radius 1 is 1.07 bits per heavy atom. The summed E-state index contributed by atoms with van der Waals surface area (Å²) < 4.78 is 0. The first kappa shape index (κ1) is 10.9. The van der Waals surface area contributed by atoms with Gasteiger partial charge in [0.05, 0.1) is 0 Å². The Balaban J connectivity index is 2.18. The van der Waals surface area contributed by atoms with E-state index in [-0.39, 0.29) is 0 Å². The van der Waals surface area contributed by atoms with E-state index in [1.807, 2.05) is 0 Å². The minimum atomic E-state index is -0.636. The summed E-state index contributed by atoms with van der Waals surface area (Å²) in [6, 6.07) is 0. The summed E-state index contributed by atoms with van der Waals surface area (Å²) in [5, 5.41) is 10.7. The minimum absolute atomic E-state index is 0.636. The zero-order chi connectivity index (χ0) is 10.7. The highest BCUT2D eigenvalue weighted by Gasteiger charge is 2.35. The third kappa shape index (κ3) is 2.17. The fourth-order valence-corrected chi connectivity index (χ4v) is 2.88. The summed E-state index contributed by atoms with van der Waals surface area (Å²) >= 11 is 0. The first-order valence-corrected chi connectivity index (χ1v) is 6.33. The average molecular weight is 206 g/mol. The second-order valence-corrected chi connectivity index (χ2v) is 5.00. The molecule has 2 rings (SSSR count). The third-order valence-electron chi connectivity index (χ3n) is 3.92. The van der Waals surface area contributed by atoms with Crippen LogP contribution in [0.4, 0.5) is 0 Å². The van der Waals surface area contributed by atoms with Crippen molar-refractivity contribution in [3.63, 3.8) is 0 Å². The lowest BCUT2D eigenvalue weighted by Crippen LogP contribution is -2.35. The molecule has 1 N–H and O–H groups in total. The molecule has 0 aromatic carbocycles. The molecule has 0 aromatic heterocycles. The highest BCUT2D eigenvalue weighted by Crippen LogP contribution is 2.40. The van der Waals surface area contributed by atoms with Crippen molar-refractivity contribution >= 4 is 0 Å². The van der Waals surface area contributed by atoms with Crippen LogP contribution in [0.5, 0.6) is 0 Å². The van der Waals surface area contributed by atoms with Crippen LogP contribution in [0.15, 0.2) is 23.8 Å². The van der Waals surface area contributed by atoms with Crippen molar-refractivity contribution in [1.82, 2.24) is 0 Å². The van der Waals surface area contributed by atoms with Crippen LogP contribution >= 0.6 is 0 Å². The fourth-order valence-electron chi connectivity index (χ4n) is 2.88. The second kappa shape index (κ2) is 4.52. The average Bonchev–Trinajstić information content (AvgIpc) is 2.51. The maximum absolute atomic E-state index is 10.7. The summed E-state index contributed by atoms with van der Waals surface area (Å²) in [5.74, 6) is 0. The molecule has 15 heavy (non-hydrogen) atoms. The highest BCUT2D eigenvalue weighted by atomic mass is 16.3. The molecular formula is C14H22O. The summed E-state index contributed by atoms with van der Waals surface area (Å²) in [6.07, 6.45) is 12.6. The molecule has 1 heteroatoms. The molecule has 0 spiro atoms. The van der Waals surface area contributed by atoms with E-state index in [2.05, 4.69) is 12.7 Å². The summed E-state index contributed by atoms with van der Waals surface area (Å²) in [7, 11) is 0. The molecule has 1 nitrogen and oxygen atoms in total. The predicted octanol–water partition coefficient (Wildman–Crippen LogP) is 3.74. The smallest absolute Gasteiger partial charge is 0.106 e. The van der Waals surface area contributed by atoms with Crippen LogP contribution in [0.3, 0.4) is 0 Å². The van der Waals surface area contributed by atoms with Gasteiger partial charge in [0.25, 0.3) is 0 Å². The van der Waals surface area contributed by atoms with Crippen LogP contribution in [0.25, 0.3) is 0 Å². The molecule has 0 heterocycles. The topological polar surface area (TPSA) is 20.2 Å². The molecule has 84 valence electrons. The molecular weight excluding hydrogens is 184 g/mol. The Hall–Kier alpha value is -0.560. The SMILES string of the molecule is C=C1CCCCC1(O)C1=CCCCCC1. The Kier molecular flexibility index (Phi) is 3.30. The Morgan fingerprint density at radius 3 is 2.67 bits per heavy atom. The largest absolute Gasteiger partial charge is 0.381 e.